The molecule has 1 amide bonds. The first-order chi connectivity index (χ1) is 10.7. The van der Waals surface area contributed by atoms with Crippen LogP contribution in [0.5, 0.6) is 5.75 Å². The number of aromatic amines is 1. The van der Waals surface area contributed by atoms with Gasteiger partial charge in [-0.2, -0.15) is 5.10 Å². The maximum atomic E-state index is 12.3. The fraction of sp³-hybridized carbons (Fsp3) is 0.125. The Hall–Kier alpha value is -2.60. The van der Waals surface area contributed by atoms with Crippen molar-refractivity contribution in [1.82, 2.24) is 10.2 Å². The summed E-state index contributed by atoms with van der Waals surface area (Å²) < 4.78 is 5.24. The molecule has 2 N–H and O–H groups in total. The zero-order chi connectivity index (χ0) is 15.5. The molecule has 2 heterocycles. The number of aromatic nitrogens is 2. The number of nitrogens with zero attached hydrogens (tertiary/aromatic N) is 1. The molecule has 22 heavy (non-hydrogen) atoms. The number of carbonyl (C=O) groups excluding carboxylic acids is 1. The predicted molar refractivity (Wildman–Crippen MR) is 87.6 cm³/mol. The number of ether oxygens (including phenoxy) is 1. The SMILES string of the molecule is COc1cccc(-c2n[nH]c(C)c2NC(=O)c2cccs2)c1. The first-order valence-corrected chi connectivity index (χ1v) is 7.61. The van der Waals surface area contributed by atoms with E-state index in [1.54, 1.807) is 13.2 Å². The summed E-state index contributed by atoms with van der Waals surface area (Å²) in [6.45, 7) is 1.88. The monoisotopic (exact) mass is 313 g/mol. The number of carbonyl (C=O) groups is 1. The van der Waals surface area contributed by atoms with Gasteiger partial charge in [0.15, 0.2) is 0 Å². The number of methoxy groups -OCH3 is 1. The second kappa shape index (κ2) is 6.03. The number of benzene rings is 1. The molecule has 0 unspecified atom stereocenters. The normalized spacial score (nSPS) is 10.5. The molecule has 6 heteroatoms. The second-order valence-corrected chi connectivity index (χ2v) is 5.68. The summed E-state index contributed by atoms with van der Waals surface area (Å²) >= 11 is 1.40. The van der Waals surface area contributed by atoms with Crippen molar-refractivity contribution in [2.24, 2.45) is 0 Å². The van der Waals surface area contributed by atoms with E-state index in [0.717, 1.165) is 17.0 Å². The summed E-state index contributed by atoms with van der Waals surface area (Å²) in [7, 11) is 1.62. The minimum atomic E-state index is -0.136. The van der Waals surface area contributed by atoms with E-state index < -0.39 is 0 Å². The van der Waals surface area contributed by atoms with Crippen molar-refractivity contribution in [1.29, 1.82) is 0 Å². The number of amides is 1. The number of anilines is 1. The zero-order valence-corrected chi connectivity index (χ0v) is 13.0. The second-order valence-electron chi connectivity index (χ2n) is 4.74. The predicted octanol–water partition coefficient (Wildman–Crippen LogP) is 3.71. The van der Waals surface area contributed by atoms with E-state index in [2.05, 4.69) is 15.5 Å². The number of thiophene rings is 1. The van der Waals surface area contributed by atoms with Gasteiger partial charge >= 0.3 is 0 Å². The molecule has 5 nitrogen and oxygen atoms in total. The maximum Gasteiger partial charge on any atom is 0.265 e. The third-order valence-corrected chi connectivity index (χ3v) is 4.14. The van der Waals surface area contributed by atoms with Crippen molar-refractivity contribution in [2.75, 3.05) is 12.4 Å². The van der Waals surface area contributed by atoms with Crippen LogP contribution in [0.15, 0.2) is 41.8 Å². The standard InChI is InChI=1S/C16H15N3O2S/c1-10-14(17-16(20)13-7-4-8-22-13)15(19-18-10)11-5-3-6-12(9-11)21-2/h3-9H,1-2H3,(H,17,20)(H,18,19). The lowest BCUT2D eigenvalue weighted by molar-refractivity contribution is 0.103. The minimum absolute atomic E-state index is 0.136. The van der Waals surface area contributed by atoms with E-state index in [4.69, 9.17) is 4.74 Å². The third kappa shape index (κ3) is 2.73. The Kier molecular flexibility index (Phi) is 3.93. The molecule has 0 atom stereocenters. The smallest absolute Gasteiger partial charge is 0.265 e. The van der Waals surface area contributed by atoms with Crippen molar-refractivity contribution in [3.8, 4) is 17.0 Å². The van der Waals surface area contributed by atoms with Crippen LogP contribution in [0, 0.1) is 6.92 Å². The Morgan fingerprint density at radius 2 is 2.18 bits per heavy atom. The van der Waals surface area contributed by atoms with Crippen LogP contribution < -0.4 is 10.1 Å². The Balaban J connectivity index is 1.95. The van der Waals surface area contributed by atoms with Crippen LogP contribution in [-0.4, -0.2) is 23.2 Å². The van der Waals surface area contributed by atoms with Gasteiger partial charge in [0.1, 0.15) is 11.4 Å². The van der Waals surface area contributed by atoms with E-state index in [-0.39, 0.29) is 5.91 Å². The van der Waals surface area contributed by atoms with E-state index in [1.807, 2.05) is 42.6 Å². The highest BCUT2D eigenvalue weighted by Gasteiger charge is 2.16. The van der Waals surface area contributed by atoms with E-state index in [9.17, 15) is 4.79 Å². The number of nitrogens with one attached hydrogen (secondary N) is 2. The molecule has 0 aliphatic rings. The lowest BCUT2D eigenvalue weighted by Gasteiger charge is -2.07. The van der Waals surface area contributed by atoms with Crippen LogP contribution in [-0.2, 0) is 0 Å². The molecule has 0 aliphatic heterocycles. The first-order valence-electron chi connectivity index (χ1n) is 6.73. The Bertz CT molecular complexity index is 794. The largest absolute Gasteiger partial charge is 0.497 e. The fourth-order valence-electron chi connectivity index (χ4n) is 2.14. The quantitative estimate of drug-likeness (QED) is 0.771. The number of H-pyrrole nitrogens is 1. The molecule has 0 radical (unpaired) electrons. The van der Waals surface area contributed by atoms with Crippen LogP contribution in [0.2, 0.25) is 0 Å². The highest BCUT2D eigenvalue weighted by atomic mass is 32.1. The van der Waals surface area contributed by atoms with Crippen LogP contribution >= 0.6 is 11.3 Å². The number of hydrogen-bond donors (Lipinski definition) is 2. The molecule has 0 fully saturated rings. The molecular formula is C16H15N3O2S. The van der Waals surface area contributed by atoms with Crippen LogP contribution in [0.4, 0.5) is 5.69 Å². The Labute approximate surface area is 132 Å². The van der Waals surface area contributed by atoms with Crippen molar-refractivity contribution in [3.63, 3.8) is 0 Å². The third-order valence-electron chi connectivity index (χ3n) is 3.27. The summed E-state index contributed by atoms with van der Waals surface area (Å²) in [4.78, 5) is 12.9. The molecule has 0 saturated carbocycles. The van der Waals surface area contributed by atoms with Gasteiger partial charge in [0.2, 0.25) is 0 Å². The molecule has 0 bridgehead atoms. The zero-order valence-electron chi connectivity index (χ0n) is 12.2. The summed E-state index contributed by atoms with van der Waals surface area (Å²) in [6.07, 6.45) is 0. The summed E-state index contributed by atoms with van der Waals surface area (Å²) in [5.74, 6) is 0.609. The van der Waals surface area contributed by atoms with Crippen LogP contribution in [0.25, 0.3) is 11.3 Å². The molecular weight excluding hydrogens is 298 g/mol. The van der Waals surface area contributed by atoms with Crippen LogP contribution in [0.3, 0.4) is 0 Å². The molecule has 1 aromatic carbocycles. The van der Waals surface area contributed by atoms with Gasteiger partial charge in [0.05, 0.1) is 23.4 Å². The van der Waals surface area contributed by atoms with Crippen molar-refractivity contribution in [2.45, 2.75) is 6.92 Å². The van der Waals surface area contributed by atoms with E-state index in [1.165, 1.54) is 11.3 Å². The van der Waals surface area contributed by atoms with Gasteiger partial charge in [-0.3, -0.25) is 9.89 Å². The van der Waals surface area contributed by atoms with Crippen LogP contribution in [0.1, 0.15) is 15.4 Å². The molecule has 3 aromatic rings. The van der Waals surface area contributed by atoms with Gasteiger partial charge in [-0.15, -0.1) is 11.3 Å². The Morgan fingerprint density at radius 1 is 1.32 bits per heavy atom. The van der Waals surface area contributed by atoms with E-state index in [0.29, 0.717) is 16.3 Å². The highest BCUT2D eigenvalue weighted by molar-refractivity contribution is 7.12. The summed E-state index contributed by atoms with van der Waals surface area (Å²) in [5.41, 5.74) is 3.07. The van der Waals surface area contributed by atoms with Gasteiger partial charge in [-0.1, -0.05) is 18.2 Å². The molecule has 2 aromatic heterocycles. The molecule has 0 saturated heterocycles. The molecule has 3 rings (SSSR count). The summed E-state index contributed by atoms with van der Waals surface area (Å²) in [6, 6.07) is 11.2. The lowest BCUT2D eigenvalue weighted by atomic mass is 10.1. The van der Waals surface area contributed by atoms with Gasteiger partial charge < -0.3 is 10.1 Å². The average molecular weight is 313 g/mol. The van der Waals surface area contributed by atoms with Crippen molar-refractivity contribution in [3.05, 3.63) is 52.3 Å². The Morgan fingerprint density at radius 3 is 2.91 bits per heavy atom. The topological polar surface area (TPSA) is 67.0 Å². The average Bonchev–Trinajstić information content (AvgIpc) is 3.18. The van der Waals surface area contributed by atoms with Gasteiger partial charge in [-0.25, -0.2) is 0 Å². The maximum absolute atomic E-state index is 12.3. The summed E-state index contributed by atoms with van der Waals surface area (Å²) in [5, 5.41) is 12.0. The molecule has 112 valence electrons. The molecule has 0 aliphatic carbocycles. The van der Waals surface area contributed by atoms with Gasteiger partial charge in [0, 0.05) is 5.56 Å². The van der Waals surface area contributed by atoms with E-state index >= 15 is 0 Å². The first kappa shape index (κ1) is 14.3. The highest BCUT2D eigenvalue weighted by Crippen LogP contribution is 2.31. The van der Waals surface area contributed by atoms with Gasteiger partial charge in [-0.05, 0) is 30.5 Å². The van der Waals surface area contributed by atoms with Gasteiger partial charge in [0.25, 0.3) is 5.91 Å². The number of hydrogen-bond acceptors (Lipinski definition) is 4. The minimum Gasteiger partial charge on any atom is -0.497 e. The number of rotatable bonds is 4. The lowest BCUT2D eigenvalue weighted by Crippen LogP contribution is -2.11. The fourth-order valence-corrected chi connectivity index (χ4v) is 2.76. The molecule has 0 spiro atoms. The van der Waals surface area contributed by atoms with Crippen molar-refractivity contribution < 1.29 is 9.53 Å². The number of aryl methyl sites for hydroxylation is 1. The van der Waals surface area contributed by atoms with Crippen molar-refractivity contribution >= 4 is 22.9 Å².